The molecular formula is C9H12ClN5O. The molecule has 0 aliphatic rings. The van der Waals surface area contributed by atoms with Gasteiger partial charge in [-0.15, -0.1) is 0 Å². The molecule has 0 unspecified atom stereocenters. The van der Waals surface area contributed by atoms with Gasteiger partial charge in [-0.25, -0.2) is 4.98 Å². The first-order chi connectivity index (χ1) is 7.76. The van der Waals surface area contributed by atoms with E-state index >= 15 is 0 Å². The predicted octanol–water partition coefficient (Wildman–Crippen LogP) is 0.825. The van der Waals surface area contributed by atoms with Crippen molar-refractivity contribution in [2.24, 2.45) is 0 Å². The van der Waals surface area contributed by atoms with Gasteiger partial charge in [0.15, 0.2) is 11.5 Å². The zero-order valence-corrected chi connectivity index (χ0v) is 9.57. The van der Waals surface area contributed by atoms with Gasteiger partial charge in [0.1, 0.15) is 5.52 Å². The fourth-order valence-corrected chi connectivity index (χ4v) is 1.72. The summed E-state index contributed by atoms with van der Waals surface area (Å²) in [4.78, 5) is 17.1. The second-order valence-electron chi connectivity index (χ2n) is 3.22. The van der Waals surface area contributed by atoms with Gasteiger partial charge in [0.2, 0.25) is 5.28 Å². The first-order valence-corrected chi connectivity index (χ1v) is 5.36. The molecule has 0 aliphatic carbocycles. The van der Waals surface area contributed by atoms with E-state index < -0.39 is 0 Å². The Bertz CT molecular complexity index is 486. The number of aliphatic hydroxyl groups excluding tert-OH is 1. The van der Waals surface area contributed by atoms with Crippen LogP contribution in [-0.4, -0.2) is 44.7 Å². The lowest BCUT2D eigenvalue weighted by Crippen LogP contribution is -2.27. The lowest BCUT2D eigenvalue weighted by atomic mass is 10.4. The van der Waals surface area contributed by atoms with Crippen LogP contribution in [0, 0.1) is 0 Å². The number of nitrogens with one attached hydrogen (secondary N) is 1. The number of aromatic nitrogens is 4. The zero-order chi connectivity index (χ0) is 11.5. The Labute approximate surface area is 97.3 Å². The first-order valence-electron chi connectivity index (χ1n) is 4.98. The van der Waals surface area contributed by atoms with Gasteiger partial charge in [0.05, 0.1) is 12.9 Å². The zero-order valence-electron chi connectivity index (χ0n) is 8.81. The highest BCUT2D eigenvalue weighted by Gasteiger charge is 2.13. The molecule has 16 heavy (non-hydrogen) atoms. The Morgan fingerprint density at radius 2 is 2.31 bits per heavy atom. The number of aliphatic hydroxyl groups is 1. The fourth-order valence-electron chi connectivity index (χ4n) is 1.56. The van der Waals surface area contributed by atoms with Crippen molar-refractivity contribution < 1.29 is 5.11 Å². The number of halogens is 1. The summed E-state index contributed by atoms with van der Waals surface area (Å²) in [5.74, 6) is 0.670. The van der Waals surface area contributed by atoms with Crippen LogP contribution in [0.15, 0.2) is 6.33 Å². The molecule has 86 valence electrons. The smallest absolute Gasteiger partial charge is 0.226 e. The highest BCUT2D eigenvalue weighted by molar-refractivity contribution is 6.28. The van der Waals surface area contributed by atoms with Crippen molar-refractivity contribution in [2.75, 3.05) is 24.6 Å². The van der Waals surface area contributed by atoms with E-state index in [9.17, 15) is 0 Å². The molecule has 0 aliphatic heterocycles. The summed E-state index contributed by atoms with van der Waals surface area (Å²) in [6, 6.07) is 0. The molecule has 6 nitrogen and oxygen atoms in total. The van der Waals surface area contributed by atoms with Crippen molar-refractivity contribution in [1.29, 1.82) is 0 Å². The number of anilines is 1. The average Bonchev–Trinajstić information content (AvgIpc) is 2.72. The van der Waals surface area contributed by atoms with Crippen molar-refractivity contribution in [1.82, 2.24) is 19.9 Å². The SMILES string of the molecule is CCN(CCO)c1nc(Cl)nc2nc[nH]c12. The van der Waals surface area contributed by atoms with Crippen LogP contribution in [0.2, 0.25) is 5.28 Å². The lowest BCUT2D eigenvalue weighted by molar-refractivity contribution is 0.302. The third kappa shape index (κ3) is 1.94. The van der Waals surface area contributed by atoms with E-state index in [4.69, 9.17) is 16.7 Å². The van der Waals surface area contributed by atoms with Gasteiger partial charge >= 0.3 is 0 Å². The molecule has 2 N–H and O–H groups in total. The van der Waals surface area contributed by atoms with Gasteiger partial charge < -0.3 is 15.0 Å². The molecule has 2 rings (SSSR count). The summed E-state index contributed by atoms with van der Waals surface area (Å²) in [7, 11) is 0. The molecule has 7 heteroatoms. The van der Waals surface area contributed by atoms with Gasteiger partial charge in [0.25, 0.3) is 0 Å². The Kier molecular flexibility index (Phi) is 3.21. The molecule has 2 aromatic rings. The quantitative estimate of drug-likeness (QED) is 0.775. The van der Waals surface area contributed by atoms with E-state index in [1.165, 1.54) is 0 Å². The minimum absolute atomic E-state index is 0.0606. The van der Waals surface area contributed by atoms with Crippen molar-refractivity contribution >= 4 is 28.6 Å². The molecule has 0 aromatic carbocycles. The van der Waals surface area contributed by atoms with Gasteiger partial charge in [-0.2, -0.15) is 9.97 Å². The van der Waals surface area contributed by atoms with Crippen molar-refractivity contribution in [3.8, 4) is 0 Å². The van der Waals surface area contributed by atoms with E-state index in [-0.39, 0.29) is 11.9 Å². The summed E-state index contributed by atoms with van der Waals surface area (Å²) in [6.07, 6.45) is 1.55. The largest absolute Gasteiger partial charge is 0.395 e. The average molecular weight is 242 g/mol. The van der Waals surface area contributed by atoms with Crippen molar-refractivity contribution in [3.63, 3.8) is 0 Å². The number of rotatable bonds is 4. The second-order valence-corrected chi connectivity index (χ2v) is 3.56. The third-order valence-electron chi connectivity index (χ3n) is 2.29. The number of hydrogen-bond donors (Lipinski definition) is 2. The van der Waals surface area contributed by atoms with E-state index in [2.05, 4.69) is 19.9 Å². The molecule has 0 saturated carbocycles. The van der Waals surface area contributed by atoms with E-state index in [0.29, 0.717) is 18.0 Å². The number of imidazole rings is 1. The number of fused-ring (bicyclic) bond motifs is 1. The maximum absolute atomic E-state index is 8.98. The van der Waals surface area contributed by atoms with Gasteiger partial charge in [-0.05, 0) is 18.5 Å². The minimum atomic E-state index is 0.0606. The first kappa shape index (κ1) is 11.1. The third-order valence-corrected chi connectivity index (χ3v) is 2.46. The summed E-state index contributed by atoms with van der Waals surface area (Å²) < 4.78 is 0. The Morgan fingerprint density at radius 3 is 3.00 bits per heavy atom. The number of H-pyrrole nitrogens is 1. The van der Waals surface area contributed by atoms with Gasteiger partial charge in [-0.3, -0.25) is 0 Å². The predicted molar refractivity (Wildman–Crippen MR) is 61.7 cm³/mol. The van der Waals surface area contributed by atoms with Crippen LogP contribution in [0.5, 0.6) is 0 Å². The fraction of sp³-hybridized carbons (Fsp3) is 0.444. The van der Waals surface area contributed by atoms with Crippen LogP contribution in [0.3, 0.4) is 0 Å². The number of likely N-dealkylation sites (N-methyl/N-ethyl adjacent to an activating group) is 1. The van der Waals surface area contributed by atoms with Crippen LogP contribution >= 0.6 is 11.6 Å². The van der Waals surface area contributed by atoms with Crippen LogP contribution < -0.4 is 4.90 Å². The highest BCUT2D eigenvalue weighted by atomic mass is 35.5. The summed E-state index contributed by atoms with van der Waals surface area (Å²) in [5.41, 5.74) is 1.27. The molecule has 0 saturated heterocycles. The molecule has 0 fully saturated rings. The molecule has 0 spiro atoms. The number of aromatic amines is 1. The molecule has 2 aromatic heterocycles. The Balaban J connectivity index is 2.52. The number of hydrogen-bond acceptors (Lipinski definition) is 5. The standard InChI is InChI=1S/C9H12ClN5O/c1-2-15(3-4-16)8-6-7(12-5-11-6)13-9(10)14-8/h5,16H,2-4H2,1H3,(H,11,12,13,14). The second kappa shape index (κ2) is 4.63. The van der Waals surface area contributed by atoms with Gasteiger partial charge in [0, 0.05) is 13.1 Å². The summed E-state index contributed by atoms with van der Waals surface area (Å²) in [6.45, 7) is 3.26. The maximum atomic E-state index is 8.98. The van der Waals surface area contributed by atoms with Gasteiger partial charge in [-0.1, -0.05) is 0 Å². The summed E-state index contributed by atoms with van der Waals surface area (Å²) >= 11 is 5.82. The molecule has 0 bridgehead atoms. The van der Waals surface area contributed by atoms with Crippen LogP contribution in [0.25, 0.3) is 11.2 Å². The van der Waals surface area contributed by atoms with Crippen LogP contribution in [0.1, 0.15) is 6.92 Å². The van der Waals surface area contributed by atoms with Crippen molar-refractivity contribution in [2.45, 2.75) is 6.92 Å². The Hall–Kier alpha value is -1.40. The van der Waals surface area contributed by atoms with E-state index in [0.717, 1.165) is 12.1 Å². The molecule has 0 radical (unpaired) electrons. The molecule has 2 heterocycles. The normalized spacial score (nSPS) is 10.9. The van der Waals surface area contributed by atoms with E-state index in [1.807, 2.05) is 11.8 Å². The molecule has 0 atom stereocenters. The lowest BCUT2D eigenvalue weighted by Gasteiger charge is -2.20. The molecular weight excluding hydrogens is 230 g/mol. The topological polar surface area (TPSA) is 77.9 Å². The monoisotopic (exact) mass is 241 g/mol. The number of nitrogens with zero attached hydrogens (tertiary/aromatic N) is 4. The van der Waals surface area contributed by atoms with Crippen LogP contribution in [0.4, 0.5) is 5.82 Å². The summed E-state index contributed by atoms with van der Waals surface area (Å²) in [5, 5.41) is 9.14. The highest BCUT2D eigenvalue weighted by Crippen LogP contribution is 2.22. The Morgan fingerprint density at radius 1 is 1.50 bits per heavy atom. The van der Waals surface area contributed by atoms with Crippen LogP contribution in [-0.2, 0) is 0 Å². The molecule has 0 amide bonds. The van der Waals surface area contributed by atoms with E-state index in [1.54, 1.807) is 6.33 Å². The minimum Gasteiger partial charge on any atom is -0.395 e. The maximum Gasteiger partial charge on any atom is 0.226 e. The van der Waals surface area contributed by atoms with Crippen molar-refractivity contribution in [3.05, 3.63) is 11.6 Å².